The standard InChI is InChI=1S/C31H27FN4O5/c1-31(29(39)21-6-4-5-19(15-21)18-33)17-26(35-41-31)20-9-14-24-25(16-20)34-27(7-2-3-8-28(37)38)36(30(24)40)23-12-10-22(32)11-13-23/h4-6,9-16,29,39H,2-3,7-8,17H2,1H3,(H,37,38)/t29-,31-/m1/s1. The first kappa shape index (κ1) is 27.7. The number of benzene rings is 3. The molecule has 0 saturated heterocycles. The number of oxime groups is 1. The van der Waals surface area contributed by atoms with Crippen LogP contribution >= 0.6 is 0 Å². The Morgan fingerprint density at radius 2 is 1.95 bits per heavy atom. The maximum atomic E-state index is 13.6. The third kappa shape index (κ3) is 5.71. The summed E-state index contributed by atoms with van der Waals surface area (Å²) in [4.78, 5) is 35.1. The number of aromatic nitrogens is 2. The Kier molecular flexibility index (Phi) is 7.64. The van der Waals surface area contributed by atoms with Gasteiger partial charge in [0.1, 0.15) is 17.7 Å². The second kappa shape index (κ2) is 11.3. The minimum Gasteiger partial charge on any atom is -0.481 e. The monoisotopic (exact) mass is 554 g/mol. The Labute approximate surface area is 234 Å². The molecule has 1 aliphatic rings. The normalized spacial score (nSPS) is 17.1. The number of hydrogen-bond acceptors (Lipinski definition) is 7. The van der Waals surface area contributed by atoms with Crippen molar-refractivity contribution in [3.05, 3.63) is 105 Å². The molecule has 2 heterocycles. The van der Waals surface area contributed by atoms with Crippen molar-refractivity contribution in [3.8, 4) is 11.8 Å². The predicted octanol–water partition coefficient (Wildman–Crippen LogP) is 4.81. The minimum atomic E-state index is -1.08. The maximum Gasteiger partial charge on any atom is 0.303 e. The smallest absolute Gasteiger partial charge is 0.303 e. The van der Waals surface area contributed by atoms with Gasteiger partial charge in [0.25, 0.3) is 5.56 Å². The van der Waals surface area contributed by atoms with Gasteiger partial charge >= 0.3 is 5.97 Å². The lowest BCUT2D eigenvalue weighted by Gasteiger charge is -2.27. The first-order valence-corrected chi connectivity index (χ1v) is 13.2. The third-order valence-corrected chi connectivity index (χ3v) is 7.19. The molecule has 1 aromatic heterocycles. The van der Waals surface area contributed by atoms with Crippen molar-refractivity contribution in [2.45, 2.75) is 50.7 Å². The first-order chi connectivity index (χ1) is 19.7. The second-order valence-electron chi connectivity index (χ2n) is 10.2. The van der Waals surface area contributed by atoms with Crippen LogP contribution in [-0.2, 0) is 16.1 Å². The summed E-state index contributed by atoms with van der Waals surface area (Å²) in [5, 5.41) is 33.9. The van der Waals surface area contributed by atoms with E-state index < -0.39 is 23.5 Å². The van der Waals surface area contributed by atoms with Crippen LogP contribution in [0.1, 0.15) is 61.2 Å². The highest BCUT2D eigenvalue weighted by atomic mass is 19.1. The van der Waals surface area contributed by atoms with Gasteiger partial charge in [-0.2, -0.15) is 5.26 Å². The summed E-state index contributed by atoms with van der Waals surface area (Å²) in [6, 6.07) is 19.4. The van der Waals surface area contributed by atoms with Crippen molar-refractivity contribution in [1.82, 2.24) is 9.55 Å². The van der Waals surface area contributed by atoms with Gasteiger partial charge in [0.2, 0.25) is 0 Å². The second-order valence-corrected chi connectivity index (χ2v) is 10.2. The molecular formula is C31H27FN4O5. The lowest BCUT2D eigenvalue weighted by molar-refractivity contribution is -0.137. The highest BCUT2D eigenvalue weighted by Gasteiger charge is 2.42. The molecule has 0 amide bonds. The Morgan fingerprint density at radius 1 is 1.17 bits per heavy atom. The molecule has 0 fully saturated rings. The largest absolute Gasteiger partial charge is 0.481 e. The van der Waals surface area contributed by atoms with Crippen LogP contribution in [0.4, 0.5) is 4.39 Å². The zero-order chi connectivity index (χ0) is 29.1. The van der Waals surface area contributed by atoms with E-state index in [2.05, 4.69) is 11.2 Å². The van der Waals surface area contributed by atoms with Gasteiger partial charge in [0.15, 0.2) is 5.60 Å². The van der Waals surface area contributed by atoms with Crippen LogP contribution in [0, 0.1) is 17.1 Å². The van der Waals surface area contributed by atoms with Gasteiger partial charge in [-0.25, -0.2) is 9.37 Å². The van der Waals surface area contributed by atoms with Gasteiger partial charge in [-0.3, -0.25) is 14.2 Å². The maximum absolute atomic E-state index is 13.6. The van der Waals surface area contributed by atoms with Crippen molar-refractivity contribution >= 4 is 22.6 Å². The summed E-state index contributed by atoms with van der Waals surface area (Å²) >= 11 is 0. The van der Waals surface area contributed by atoms with E-state index in [-0.39, 0.29) is 18.4 Å². The van der Waals surface area contributed by atoms with Gasteiger partial charge in [0, 0.05) is 24.8 Å². The Balaban J connectivity index is 1.47. The fraction of sp³-hybridized carbons (Fsp3) is 0.258. The number of nitrogens with zero attached hydrogens (tertiary/aromatic N) is 4. The van der Waals surface area contributed by atoms with E-state index in [0.29, 0.717) is 64.1 Å². The summed E-state index contributed by atoms with van der Waals surface area (Å²) < 4.78 is 15.0. The number of unbranched alkanes of at least 4 members (excludes halogenated alkanes) is 1. The number of rotatable bonds is 9. The van der Waals surface area contributed by atoms with Gasteiger partial charge in [-0.15, -0.1) is 0 Å². The number of carboxylic acids is 1. The molecular weight excluding hydrogens is 527 g/mol. The number of aliphatic hydroxyl groups is 1. The van der Waals surface area contributed by atoms with Crippen molar-refractivity contribution in [1.29, 1.82) is 5.26 Å². The van der Waals surface area contributed by atoms with Gasteiger partial charge < -0.3 is 15.1 Å². The van der Waals surface area contributed by atoms with Crippen LogP contribution in [-0.4, -0.2) is 37.0 Å². The number of aliphatic carboxylic acids is 1. The molecule has 2 atom stereocenters. The van der Waals surface area contributed by atoms with Crippen LogP contribution in [0.3, 0.4) is 0 Å². The highest BCUT2D eigenvalue weighted by molar-refractivity contribution is 6.04. The Hall–Kier alpha value is -4.88. The molecule has 3 aromatic carbocycles. The average molecular weight is 555 g/mol. The van der Waals surface area contributed by atoms with E-state index in [1.54, 1.807) is 49.4 Å². The lowest BCUT2D eigenvalue weighted by atomic mass is 9.86. The van der Waals surface area contributed by atoms with E-state index in [1.807, 2.05) is 0 Å². The summed E-state index contributed by atoms with van der Waals surface area (Å²) in [5.41, 5.74) is 1.68. The lowest BCUT2D eigenvalue weighted by Crippen LogP contribution is -2.33. The number of aryl methyl sites for hydroxylation is 1. The molecule has 5 rings (SSSR count). The number of carboxylic acid groups (broad SMARTS) is 1. The fourth-order valence-electron chi connectivity index (χ4n) is 4.98. The van der Waals surface area contributed by atoms with E-state index in [1.165, 1.54) is 28.8 Å². The zero-order valence-electron chi connectivity index (χ0n) is 22.2. The number of carbonyl (C=O) groups is 1. The molecule has 2 N–H and O–H groups in total. The summed E-state index contributed by atoms with van der Waals surface area (Å²) in [6.45, 7) is 1.74. The molecule has 1 aliphatic heterocycles. The van der Waals surface area contributed by atoms with E-state index in [4.69, 9.17) is 14.9 Å². The van der Waals surface area contributed by atoms with Crippen molar-refractivity contribution in [2.24, 2.45) is 5.16 Å². The SMILES string of the molecule is C[C@]1([C@H](O)c2cccc(C#N)c2)CC(c2ccc3c(=O)n(-c4ccc(F)cc4)c(CCCCC(=O)O)nc3c2)=NO1. The van der Waals surface area contributed by atoms with Gasteiger partial charge in [-0.1, -0.05) is 23.4 Å². The average Bonchev–Trinajstić information content (AvgIpc) is 3.38. The molecule has 0 bridgehead atoms. The van der Waals surface area contributed by atoms with Gasteiger partial charge in [-0.05, 0) is 73.9 Å². The number of hydrogen-bond donors (Lipinski definition) is 2. The number of nitriles is 1. The Morgan fingerprint density at radius 3 is 2.68 bits per heavy atom. The van der Waals surface area contributed by atoms with Crippen LogP contribution in [0.15, 0.2) is 76.7 Å². The van der Waals surface area contributed by atoms with Crippen molar-refractivity contribution < 1.29 is 24.2 Å². The molecule has 0 unspecified atom stereocenters. The van der Waals surface area contributed by atoms with Crippen LogP contribution in [0.2, 0.25) is 0 Å². The number of fused-ring (bicyclic) bond motifs is 1. The molecule has 208 valence electrons. The summed E-state index contributed by atoms with van der Waals surface area (Å²) in [7, 11) is 0. The molecule has 0 spiro atoms. The molecule has 4 aromatic rings. The van der Waals surface area contributed by atoms with E-state index in [0.717, 1.165) is 0 Å². The minimum absolute atomic E-state index is 0.00373. The molecule has 9 nitrogen and oxygen atoms in total. The highest BCUT2D eigenvalue weighted by Crippen LogP contribution is 2.38. The number of halogens is 1. The Bertz CT molecular complexity index is 1760. The quantitative estimate of drug-likeness (QED) is 0.283. The molecule has 10 heteroatoms. The van der Waals surface area contributed by atoms with E-state index >= 15 is 0 Å². The van der Waals surface area contributed by atoms with Crippen LogP contribution in [0.25, 0.3) is 16.6 Å². The molecule has 0 saturated carbocycles. The fourth-order valence-corrected chi connectivity index (χ4v) is 4.98. The van der Waals surface area contributed by atoms with Crippen molar-refractivity contribution in [3.63, 3.8) is 0 Å². The van der Waals surface area contributed by atoms with E-state index in [9.17, 15) is 24.3 Å². The zero-order valence-corrected chi connectivity index (χ0v) is 22.2. The number of aliphatic hydroxyl groups excluding tert-OH is 1. The molecule has 0 radical (unpaired) electrons. The topological polar surface area (TPSA) is 138 Å². The molecule has 41 heavy (non-hydrogen) atoms. The molecule has 0 aliphatic carbocycles. The van der Waals surface area contributed by atoms with Gasteiger partial charge in [0.05, 0.1) is 33.9 Å². The predicted molar refractivity (Wildman–Crippen MR) is 149 cm³/mol. The summed E-state index contributed by atoms with van der Waals surface area (Å²) in [5.74, 6) is -0.900. The third-order valence-electron chi connectivity index (χ3n) is 7.19. The van der Waals surface area contributed by atoms with Crippen LogP contribution in [0.5, 0.6) is 0 Å². The summed E-state index contributed by atoms with van der Waals surface area (Å²) in [6.07, 6.45) is 0.481. The van der Waals surface area contributed by atoms with Crippen molar-refractivity contribution in [2.75, 3.05) is 0 Å². The first-order valence-electron chi connectivity index (χ1n) is 13.2. The van der Waals surface area contributed by atoms with Crippen LogP contribution < -0.4 is 5.56 Å².